The Morgan fingerprint density at radius 3 is 2.54 bits per heavy atom. The van der Waals surface area contributed by atoms with Gasteiger partial charge in [0.05, 0.1) is 12.1 Å². The summed E-state index contributed by atoms with van der Waals surface area (Å²) in [4.78, 5) is 0. The number of aliphatic hydroxyl groups is 1. The first-order chi connectivity index (χ1) is 6.36. The molecule has 2 N–H and O–H groups in total. The summed E-state index contributed by atoms with van der Waals surface area (Å²) in [7, 11) is 0. The molecule has 2 rings (SSSR count). The van der Waals surface area contributed by atoms with E-state index in [0.29, 0.717) is 0 Å². The molecule has 2 nitrogen and oxygen atoms in total. The van der Waals surface area contributed by atoms with Gasteiger partial charge < -0.3 is 10.4 Å². The Balaban J connectivity index is 1.98. The van der Waals surface area contributed by atoms with Gasteiger partial charge >= 0.3 is 0 Å². The molecular weight excluding hydrogens is 162 g/mol. The third-order valence-electron chi connectivity index (χ3n) is 2.61. The van der Waals surface area contributed by atoms with Crippen LogP contribution in [0.3, 0.4) is 0 Å². The molecule has 0 radical (unpaired) electrons. The van der Waals surface area contributed by atoms with Gasteiger partial charge in [-0.25, -0.2) is 0 Å². The van der Waals surface area contributed by atoms with Gasteiger partial charge in [-0.2, -0.15) is 0 Å². The van der Waals surface area contributed by atoms with Crippen molar-refractivity contribution >= 4 is 5.69 Å². The van der Waals surface area contributed by atoms with Gasteiger partial charge in [0, 0.05) is 5.69 Å². The standard InChI is InChI=1S/C11H15NO/c13-11-8-4-7-10(11)12-9-5-2-1-3-6-9/h1-3,5-6,10-13H,4,7-8H2/t10-,11-/m0/s1. The van der Waals surface area contributed by atoms with E-state index in [1.807, 2.05) is 30.3 Å². The molecule has 0 heterocycles. The van der Waals surface area contributed by atoms with Crippen molar-refractivity contribution in [3.8, 4) is 0 Å². The average molecular weight is 177 g/mol. The van der Waals surface area contributed by atoms with Crippen molar-refractivity contribution in [2.75, 3.05) is 5.32 Å². The molecule has 0 amide bonds. The highest BCUT2D eigenvalue weighted by atomic mass is 16.3. The van der Waals surface area contributed by atoms with Gasteiger partial charge in [-0.05, 0) is 31.4 Å². The summed E-state index contributed by atoms with van der Waals surface area (Å²) in [6, 6.07) is 10.3. The largest absolute Gasteiger partial charge is 0.391 e. The third kappa shape index (κ3) is 2.01. The van der Waals surface area contributed by atoms with Gasteiger partial charge in [0.2, 0.25) is 0 Å². The number of benzene rings is 1. The number of hydrogen-bond acceptors (Lipinski definition) is 2. The lowest BCUT2D eigenvalue weighted by Gasteiger charge is -2.17. The van der Waals surface area contributed by atoms with Crippen molar-refractivity contribution in [1.29, 1.82) is 0 Å². The lowest BCUT2D eigenvalue weighted by atomic mass is 10.2. The highest BCUT2D eigenvalue weighted by molar-refractivity contribution is 5.43. The Morgan fingerprint density at radius 2 is 1.92 bits per heavy atom. The molecule has 0 saturated heterocycles. The average Bonchev–Trinajstić information content (AvgIpc) is 2.54. The van der Waals surface area contributed by atoms with E-state index in [9.17, 15) is 5.11 Å². The zero-order valence-electron chi connectivity index (χ0n) is 7.61. The Morgan fingerprint density at radius 1 is 1.15 bits per heavy atom. The summed E-state index contributed by atoms with van der Waals surface area (Å²) in [5, 5.41) is 12.9. The second-order valence-corrected chi connectivity index (χ2v) is 3.62. The number of para-hydroxylation sites is 1. The zero-order valence-corrected chi connectivity index (χ0v) is 7.61. The van der Waals surface area contributed by atoms with Gasteiger partial charge in [0.25, 0.3) is 0 Å². The summed E-state index contributed by atoms with van der Waals surface area (Å²) in [5.41, 5.74) is 1.11. The van der Waals surface area contributed by atoms with Gasteiger partial charge in [-0.15, -0.1) is 0 Å². The van der Waals surface area contributed by atoms with Crippen molar-refractivity contribution in [3.05, 3.63) is 30.3 Å². The zero-order chi connectivity index (χ0) is 9.10. The lowest BCUT2D eigenvalue weighted by molar-refractivity contribution is 0.172. The molecule has 0 bridgehead atoms. The maximum Gasteiger partial charge on any atom is 0.0741 e. The maximum absolute atomic E-state index is 9.59. The highest BCUT2D eigenvalue weighted by Gasteiger charge is 2.24. The van der Waals surface area contributed by atoms with Crippen LogP contribution in [-0.2, 0) is 0 Å². The predicted octanol–water partition coefficient (Wildman–Crippen LogP) is 2.01. The maximum atomic E-state index is 9.59. The summed E-state index contributed by atoms with van der Waals surface area (Å²) in [5.74, 6) is 0. The van der Waals surface area contributed by atoms with Crippen LogP contribution >= 0.6 is 0 Å². The first-order valence-electron chi connectivity index (χ1n) is 4.86. The normalized spacial score (nSPS) is 27.5. The molecular formula is C11H15NO. The fourth-order valence-corrected chi connectivity index (χ4v) is 1.86. The van der Waals surface area contributed by atoms with Crippen molar-refractivity contribution in [2.24, 2.45) is 0 Å². The first-order valence-corrected chi connectivity index (χ1v) is 4.86. The van der Waals surface area contributed by atoms with Gasteiger partial charge in [-0.1, -0.05) is 18.2 Å². The number of nitrogens with one attached hydrogen (secondary N) is 1. The molecule has 1 fully saturated rings. The molecule has 2 atom stereocenters. The van der Waals surface area contributed by atoms with E-state index in [0.717, 1.165) is 24.9 Å². The second-order valence-electron chi connectivity index (χ2n) is 3.62. The van der Waals surface area contributed by atoms with Crippen molar-refractivity contribution < 1.29 is 5.11 Å². The summed E-state index contributed by atoms with van der Waals surface area (Å²) in [6.45, 7) is 0. The van der Waals surface area contributed by atoms with Crippen molar-refractivity contribution in [2.45, 2.75) is 31.4 Å². The van der Waals surface area contributed by atoms with Crippen LogP contribution in [0.1, 0.15) is 19.3 Å². The van der Waals surface area contributed by atoms with Crippen LogP contribution in [0.4, 0.5) is 5.69 Å². The fourth-order valence-electron chi connectivity index (χ4n) is 1.86. The molecule has 70 valence electrons. The van der Waals surface area contributed by atoms with Gasteiger partial charge in [-0.3, -0.25) is 0 Å². The Bertz CT molecular complexity index is 260. The number of anilines is 1. The molecule has 1 aromatic rings. The van der Waals surface area contributed by atoms with Gasteiger partial charge in [0.1, 0.15) is 0 Å². The van der Waals surface area contributed by atoms with Crippen LogP contribution in [0.15, 0.2) is 30.3 Å². The summed E-state index contributed by atoms with van der Waals surface area (Å²) in [6.07, 6.45) is 2.98. The van der Waals surface area contributed by atoms with E-state index in [2.05, 4.69) is 5.32 Å². The van der Waals surface area contributed by atoms with E-state index >= 15 is 0 Å². The quantitative estimate of drug-likeness (QED) is 0.724. The molecule has 0 unspecified atom stereocenters. The number of hydrogen-bond donors (Lipinski definition) is 2. The van der Waals surface area contributed by atoms with Crippen LogP contribution in [0.5, 0.6) is 0 Å². The van der Waals surface area contributed by atoms with Crippen LogP contribution in [0.2, 0.25) is 0 Å². The van der Waals surface area contributed by atoms with Crippen molar-refractivity contribution in [1.82, 2.24) is 0 Å². The minimum Gasteiger partial charge on any atom is -0.391 e. The fraction of sp³-hybridized carbons (Fsp3) is 0.455. The molecule has 13 heavy (non-hydrogen) atoms. The Hall–Kier alpha value is -1.02. The van der Waals surface area contributed by atoms with Crippen LogP contribution in [-0.4, -0.2) is 17.3 Å². The van der Waals surface area contributed by atoms with Crippen LogP contribution in [0.25, 0.3) is 0 Å². The topological polar surface area (TPSA) is 32.3 Å². The minimum absolute atomic E-state index is 0.166. The number of aliphatic hydroxyl groups excluding tert-OH is 1. The molecule has 1 saturated carbocycles. The third-order valence-corrected chi connectivity index (χ3v) is 2.61. The molecule has 1 aromatic carbocycles. The van der Waals surface area contributed by atoms with E-state index in [1.165, 1.54) is 0 Å². The van der Waals surface area contributed by atoms with E-state index in [1.54, 1.807) is 0 Å². The van der Waals surface area contributed by atoms with E-state index in [-0.39, 0.29) is 12.1 Å². The Kier molecular flexibility index (Phi) is 2.50. The molecule has 1 aliphatic carbocycles. The van der Waals surface area contributed by atoms with Crippen LogP contribution in [0, 0.1) is 0 Å². The molecule has 1 aliphatic rings. The molecule has 0 aromatic heterocycles. The van der Waals surface area contributed by atoms with Crippen molar-refractivity contribution in [3.63, 3.8) is 0 Å². The molecule has 0 aliphatic heterocycles. The second kappa shape index (κ2) is 3.79. The van der Waals surface area contributed by atoms with Gasteiger partial charge in [0.15, 0.2) is 0 Å². The summed E-state index contributed by atoms with van der Waals surface area (Å²) < 4.78 is 0. The summed E-state index contributed by atoms with van der Waals surface area (Å²) >= 11 is 0. The highest BCUT2D eigenvalue weighted by Crippen LogP contribution is 2.22. The predicted molar refractivity (Wildman–Crippen MR) is 53.7 cm³/mol. The number of rotatable bonds is 2. The lowest BCUT2D eigenvalue weighted by Crippen LogP contribution is -2.27. The van der Waals surface area contributed by atoms with Crippen LogP contribution < -0.4 is 5.32 Å². The first kappa shape index (κ1) is 8.57. The molecule has 2 heteroatoms. The van der Waals surface area contributed by atoms with E-state index < -0.39 is 0 Å². The monoisotopic (exact) mass is 177 g/mol. The van der Waals surface area contributed by atoms with E-state index in [4.69, 9.17) is 0 Å². The smallest absolute Gasteiger partial charge is 0.0741 e. The minimum atomic E-state index is -0.166. The Labute approximate surface area is 78.6 Å². The molecule has 0 spiro atoms. The SMILES string of the molecule is O[C@H]1CCC[C@@H]1Nc1ccccc1.